The van der Waals surface area contributed by atoms with Crippen molar-refractivity contribution < 1.29 is 19.4 Å². The Morgan fingerprint density at radius 3 is 2.71 bits per heavy atom. The molecule has 0 aromatic carbocycles. The number of nitrogens with zero attached hydrogens (tertiary/aromatic N) is 2. The number of nitrogens with one attached hydrogen (secondary N) is 1. The van der Waals surface area contributed by atoms with E-state index in [0.29, 0.717) is 5.82 Å². The Labute approximate surface area is 122 Å². The maximum absolute atomic E-state index is 11.5. The Balaban J connectivity index is 2.13. The van der Waals surface area contributed by atoms with Crippen molar-refractivity contribution in [2.24, 2.45) is 5.92 Å². The highest BCUT2D eigenvalue weighted by Crippen LogP contribution is 2.28. The average molecular weight is 293 g/mol. The third-order valence-corrected chi connectivity index (χ3v) is 3.71. The number of esters is 1. The summed E-state index contributed by atoms with van der Waals surface area (Å²) in [5.41, 5.74) is 0. The maximum atomic E-state index is 11.5. The number of anilines is 1. The van der Waals surface area contributed by atoms with Crippen molar-refractivity contribution in [3.8, 4) is 0 Å². The van der Waals surface area contributed by atoms with Crippen molar-refractivity contribution in [2.45, 2.75) is 38.1 Å². The Morgan fingerprint density at radius 1 is 1.38 bits per heavy atom. The molecule has 1 atom stereocenters. The number of carboxylic acids is 1. The molecule has 114 valence electrons. The van der Waals surface area contributed by atoms with E-state index in [4.69, 9.17) is 0 Å². The molecule has 1 aliphatic rings. The fourth-order valence-electron chi connectivity index (χ4n) is 2.64. The highest BCUT2D eigenvalue weighted by Gasteiger charge is 2.29. The molecule has 0 radical (unpaired) electrons. The van der Waals surface area contributed by atoms with Gasteiger partial charge >= 0.3 is 11.9 Å². The number of carbonyl (C=O) groups excluding carboxylic acids is 1. The maximum Gasteiger partial charge on any atom is 0.376 e. The van der Waals surface area contributed by atoms with E-state index in [2.05, 4.69) is 20.0 Å². The normalized spacial score (nSPS) is 17.0. The van der Waals surface area contributed by atoms with Gasteiger partial charge in [-0.15, -0.1) is 0 Å². The van der Waals surface area contributed by atoms with Gasteiger partial charge in [0, 0.05) is 6.20 Å². The number of carbonyl (C=O) groups is 2. The summed E-state index contributed by atoms with van der Waals surface area (Å²) in [7, 11) is 1.24. The lowest BCUT2D eigenvalue weighted by molar-refractivity contribution is -0.139. The second-order valence-corrected chi connectivity index (χ2v) is 5.12. The summed E-state index contributed by atoms with van der Waals surface area (Å²) < 4.78 is 4.55. The molecule has 2 N–H and O–H groups in total. The van der Waals surface area contributed by atoms with Crippen LogP contribution in [-0.4, -0.2) is 40.2 Å². The van der Waals surface area contributed by atoms with E-state index in [9.17, 15) is 14.7 Å². The summed E-state index contributed by atoms with van der Waals surface area (Å²) >= 11 is 0. The van der Waals surface area contributed by atoms with Gasteiger partial charge in [-0.25, -0.2) is 19.6 Å². The first kappa shape index (κ1) is 15.2. The SMILES string of the molecule is COC(=O)c1nccc(NC(C(=O)O)C2CCCCC2)n1. The lowest BCUT2D eigenvalue weighted by atomic mass is 9.84. The van der Waals surface area contributed by atoms with E-state index in [0.717, 1.165) is 32.1 Å². The van der Waals surface area contributed by atoms with Crippen LogP contribution in [0.15, 0.2) is 12.3 Å². The van der Waals surface area contributed by atoms with Gasteiger partial charge in [0.1, 0.15) is 11.9 Å². The number of aliphatic carboxylic acids is 1. The van der Waals surface area contributed by atoms with E-state index in [1.54, 1.807) is 6.07 Å². The molecule has 0 spiro atoms. The number of hydrogen-bond acceptors (Lipinski definition) is 6. The Hall–Kier alpha value is -2.18. The van der Waals surface area contributed by atoms with Gasteiger partial charge in [-0.1, -0.05) is 19.3 Å². The van der Waals surface area contributed by atoms with Gasteiger partial charge in [0.25, 0.3) is 0 Å². The van der Waals surface area contributed by atoms with Gasteiger partial charge in [0.2, 0.25) is 5.82 Å². The van der Waals surface area contributed by atoms with E-state index < -0.39 is 18.0 Å². The van der Waals surface area contributed by atoms with Crippen LogP contribution in [0.4, 0.5) is 5.82 Å². The van der Waals surface area contributed by atoms with Crippen LogP contribution in [0.2, 0.25) is 0 Å². The van der Waals surface area contributed by atoms with Crippen LogP contribution >= 0.6 is 0 Å². The largest absolute Gasteiger partial charge is 0.480 e. The third-order valence-electron chi connectivity index (χ3n) is 3.71. The van der Waals surface area contributed by atoms with Gasteiger partial charge in [0.15, 0.2) is 0 Å². The molecule has 1 aliphatic carbocycles. The van der Waals surface area contributed by atoms with Crippen molar-refractivity contribution in [3.63, 3.8) is 0 Å². The van der Waals surface area contributed by atoms with Crippen LogP contribution in [0.25, 0.3) is 0 Å². The number of rotatable bonds is 5. The zero-order valence-corrected chi connectivity index (χ0v) is 11.9. The molecular weight excluding hydrogens is 274 g/mol. The van der Waals surface area contributed by atoms with Gasteiger partial charge in [0.05, 0.1) is 7.11 Å². The summed E-state index contributed by atoms with van der Waals surface area (Å²) in [6.45, 7) is 0. The summed E-state index contributed by atoms with van der Waals surface area (Å²) in [6.07, 6.45) is 6.43. The van der Waals surface area contributed by atoms with Gasteiger partial charge in [-0.05, 0) is 24.8 Å². The number of ether oxygens (including phenoxy) is 1. The highest BCUT2D eigenvalue weighted by molar-refractivity contribution is 5.85. The number of carboxylic acid groups (broad SMARTS) is 1. The topological polar surface area (TPSA) is 101 Å². The molecular formula is C14H19N3O4. The van der Waals surface area contributed by atoms with Crippen LogP contribution in [0.3, 0.4) is 0 Å². The van der Waals surface area contributed by atoms with Crippen LogP contribution in [-0.2, 0) is 9.53 Å². The van der Waals surface area contributed by atoms with Gasteiger partial charge in [-0.2, -0.15) is 0 Å². The van der Waals surface area contributed by atoms with Gasteiger partial charge in [-0.3, -0.25) is 0 Å². The number of aromatic nitrogens is 2. The molecule has 2 rings (SSSR count). The molecule has 0 bridgehead atoms. The van der Waals surface area contributed by atoms with Crippen LogP contribution in [0, 0.1) is 5.92 Å². The summed E-state index contributed by atoms with van der Waals surface area (Å²) in [6, 6.07) is 0.844. The Morgan fingerprint density at radius 2 is 2.10 bits per heavy atom. The van der Waals surface area contributed by atoms with Crippen molar-refractivity contribution in [1.82, 2.24) is 9.97 Å². The average Bonchev–Trinajstić information content (AvgIpc) is 2.52. The summed E-state index contributed by atoms with van der Waals surface area (Å²) in [4.78, 5) is 30.7. The first-order valence-electron chi connectivity index (χ1n) is 7.02. The zero-order chi connectivity index (χ0) is 15.2. The monoisotopic (exact) mass is 293 g/mol. The molecule has 1 heterocycles. The third kappa shape index (κ3) is 3.90. The predicted octanol–water partition coefficient (Wildman–Crippen LogP) is 1.71. The van der Waals surface area contributed by atoms with Crippen molar-refractivity contribution in [1.29, 1.82) is 0 Å². The Kier molecular flexibility index (Phi) is 5.08. The molecule has 1 aromatic heterocycles. The minimum Gasteiger partial charge on any atom is -0.480 e. The second kappa shape index (κ2) is 7.01. The fraction of sp³-hybridized carbons (Fsp3) is 0.571. The first-order valence-corrected chi connectivity index (χ1v) is 7.02. The zero-order valence-electron chi connectivity index (χ0n) is 11.9. The number of hydrogen-bond donors (Lipinski definition) is 2. The first-order chi connectivity index (χ1) is 10.1. The highest BCUT2D eigenvalue weighted by atomic mass is 16.5. The van der Waals surface area contributed by atoms with Crippen LogP contribution in [0.5, 0.6) is 0 Å². The number of methoxy groups -OCH3 is 1. The van der Waals surface area contributed by atoms with E-state index in [-0.39, 0.29) is 11.7 Å². The lowest BCUT2D eigenvalue weighted by Gasteiger charge is -2.28. The summed E-state index contributed by atoms with van der Waals surface area (Å²) in [5.74, 6) is -1.24. The minimum absolute atomic E-state index is 0.0767. The van der Waals surface area contributed by atoms with E-state index >= 15 is 0 Å². The molecule has 7 heteroatoms. The molecule has 0 amide bonds. The molecule has 0 saturated heterocycles. The van der Waals surface area contributed by atoms with Crippen LogP contribution < -0.4 is 5.32 Å². The van der Waals surface area contributed by atoms with Crippen LogP contribution in [0.1, 0.15) is 42.7 Å². The van der Waals surface area contributed by atoms with Gasteiger partial charge < -0.3 is 15.2 Å². The molecule has 21 heavy (non-hydrogen) atoms. The fourth-order valence-corrected chi connectivity index (χ4v) is 2.64. The second-order valence-electron chi connectivity index (χ2n) is 5.12. The lowest BCUT2D eigenvalue weighted by Crippen LogP contribution is -2.38. The molecule has 7 nitrogen and oxygen atoms in total. The Bertz CT molecular complexity index is 515. The van der Waals surface area contributed by atoms with E-state index in [1.807, 2.05) is 0 Å². The summed E-state index contributed by atoms with van der Waals surface area (Å²) in [5, 5.41) is 12.3. The van der Waals surface area contributed by atoms with Crippen molar-refractivity contribution >= 4 is 17.8 Å². The molecule has 1 unspecified atom stereocenters. The molecule has 1 saturated carbocycles. The smallest absolute Gasteiger partial charge is 0.376 e. The predicted molar refractivity (Wildman–Crippen MR) is 75.0 cm³/mol. The van der Waals surface area contributed by atoms with E-state index in [1.165, 1.54) is 13.3 Å². The molecule has 1 aromatic rings. The molecule has 0 aliphatic heterocycles. The standard InChI is InChI=1S/C14H19N3O4/c1-21-14(20)12-15-8-7-10(17-12)16-11(13(18)19)9-5-3-2-4-6-9/h7-9,11H,2-6H2,1H3,(H,18,19)(H,15,16,17). The van der Waals surface area contributed by atoms with Crippen molar-refractivity contribution in [3.05, 3.63) is 18.1 Å². The minimum atomic E-state index is -0.903. The quantitative estimate of drug-likeness (QED) is 0.797. The van der Waals surface area contributed by atoms with Crippen molar-refractivity contribution in [2.75, 3.05) is 12.4 Å². The molecule has 1 fully saturated rings.